The normalized spacial score (nSPS) is 12.8. The molecule has 0 aromatic heterocycles. The van der Waals surface area contributed by atoms with Gasteiger partial charge < -0.3 is 15.2 Å². The van der Waals surface area contributed by atoms with Gasteiger partial charge in [0, 0.05) is 0 Å². The highest BCUT2D eigenvalue weighted by molar-refractivity contribution is 5.46. The molecule has 0 bridgehead atoms. The molecule has 0 heterocycles. The predicted molar refractivity (Wildman–Crippen MR) is 108 cm³/mol. The average Bonchev–Trinajstić information content (AvgIpc) is 2.56. The van der Waals surface area contributed by atoms with Crippen molar-refractivity contribution in [2.45, 2.75) is 59.8 Å². The van der Waals surface area contributed by atoms with Gasteiger partial charge in [-0.2, -0.15) is 0 Å². The van der Waals surface area contributed by atoms with Gasteiger partial charge in [0.2, 0.25) is 0 Å². The smallest absolute Gasteiger partial charge is 0.126 e. The van der Waals surface area contributed by atoms with Crippen LogP contribution in [0.15, 0.2) is 36.4 Å². The maximum atomic E-state index is 10.4. The first-order valence-corrected chi connectivity index (χ1v) is 9.56. The lowest BCUT2D eigenvalue weighted by molar-refractivity contribution is -0.688. The molecule has 0 aliphatic rings. The van der Waals surface area contributed by atoms with Crippen LogP contribution in [0.5, 0.6) is 0 Å². The Kier molecular flexibility index (Phi) is 7.39. The van der Waals surface area contributed by atoms with Crippen LogP contribution in [-0.2, 0) is 4.74 Å². The summed E-state index contributed by atoms with van der Waals surface area (Å²) in [5, 5.41) is 12.5. The summed E-state index contributed by atoms with van der Waals surface area (Å²) in [6.45, 7) is 13.8. The predicted octanol–water partition coefficient (Wildman–Crippen LogP) is 3.36. The zero-order valence-corrected chi connectivity index (χ0v) is 17.0. The minimum atomic E-state index is -0.478. The van der Waals surface area contributed by atoms with Crippen LogP contribution in [0.4, 0.5) is 0 Å². The molecule has 0 aliphatic heterocycles. The van der Waals surface area contributed by atoms with Gasteiger partial charge in [-0.3, -0.25) is 0 Å². The van der Waals surface area contributed by atoms with Gasteiger partial charge in [-0.25, -0.2) is 0 Å². The molecule has 2 rings (SSSR count). The summed E-state index contributed by atoms with van der Waals surface area (Å²) in [6.07, 6.45) is -0.639. The molecule has 2 aromatic carbocycles. The van der Waals surface area contributed by atoms with Crippen LogP contribution in [0.3, 0.4) is 0 Å². The van der Waals surface area contributed by atoms with Crippen LogP contribution in [0, 0.1) is 27.7 Å². The molecule has 0 amide bonds. The zero-order chi connectivity index (χ0) is 19.3. The van der Waals surface area contributed by atoms with Gasteiger partial charge in [0.25, 0.3) is 0 Å². The Hall–Kier alpha value is -1.68. The van der Waals surface area contributed by atoms with Gasteiger partial charge >= 0.3 is 0 Å². The highest BCUT2D eigenvalue weighted by Gasteiger charge is 2.23. The third kappa shape index (κ3) is 5.16. The lowest BCUT2D eigenvalue weighted by atomic mass is 9.88. The Balaban J connectivity index is 2.34. The van der Waals surface area contributed by atoms with Crippen molar-refractivity contribution < 1.29 is 15.2 Å². The van der Waals surface area contributed by atoms with Gasteiger partial charge in [0.05, 0.1) is 12.6 Å². The van der Waals surface area contributed by atoms with E-state index in [4.69, 9.17) is 4.74 Å². The number of rotatable bonds is 8. The van der Waals surface area contributed by atoms with E-state index in [9.17, 15) is 5.11 Å². The van der Waals surface area contributed by atoms with Crippen molar-refractivity contribution in [3.05, 3.63) is 69.8 Å². The number of nitrogens with two attached hydrogens (primary N) is 1. The molecule has 1 atom stereocenters. The minimum Gasteiger partial charge on any atom is -0.385 e. The maximum Gasteiger partial charge on any atom is 0.126 e. The second-order valence-corrected chi connectivity index (χ2v) is 7.69. The highest BCUT2D eigenvalue weighted by Crippen LogP contribution is 2.34. The number of hydrogen-bond donors (Lipinski definition) is 2. The van der Waals surface area contributed by atoms with E-state index in [1.807, 2.05) is 0 Å². The van der Waals surface area contributed by atoms with E-state index < -0.39 is 6.10 Å². The molecule has 26 heavy (non-hydrogen) atoms. The molecule has 0 aliphatic carbocycles. The van der Waals surface area contributed by atoms with E-state index in [2.05, 4.69) is 83.3 Å². The molecule has 142 valence electrons. The van der Waals surface area contributed by atoms with Crippen molar-refractivity contribution in [2.75, 3.05) is 13.2 Å². The molecular formula is C23H34NO2+. The monoisotopic (exact) mass is 356 g/mol. The molecule has 2 aromatic rings. The largest absolute Gasteiger partial charge is 0.385 e. The number of aliphatic hydroxyl groups is 1. The summed E-state index contributed by atoms with van der Waals surface area (Å²) < 4.78 is 6.36. The fraction of sp³-hybridized carbons (Fsp3) is 0.478. The Bertz CT molecular complexity index is 632. The van der Waals surface area contributed by atoms with E-state index in [0.717, 1.165) is 0 Å². The van der Waals surface area contributed by atoms with Crippen molar-refractivity contribution in [2.24, 2.45) is 0 Å². The number of aryl methyl sites for hydroxylation is 4. The number of hydrogen-bond acceptors (Lipinski definition) is 2. The van der Waals surface area contributed by atoms with Crippen LogP contribution < -0.4 is 5.32 Å². The minimum absolute atomic E-state index is 0.161. The molecule has 0 radical (unpaired) electrons. The lowest BCUT2D eigenvalue weighted by Crippen LogP contribution is -2.90. The van der Waals surface area contributed by atoms with Crippen LogP contribution in [0.25, 0.3) is 0 Å². The summed E-state index contributed by atoms with van der Waals surface area (Å²) in [7, 11) is 0. The molecule has 3 heteroatoms. The Morgan fingerprint density at radius 1 is 0.846 bits per heavy atom. The Morgan fingerprint density at radius 3 is 1.65 bits per heavy atom. The second kappa shape index (κ2) is 9.31. The van der Waals surface area contributed by atoms with E-state index in [1.165, 1.54) is 33.4 Å². The van der Waals surface area contributed by atoms with Crippen LogP contribution in [-0.4, -0.2) is 30.4 Å². The van der Waals surface area contributed by atoms with Gasteiger partial charge in [0.15, 0.2) is 0 Å². The quantitative estimate of drug-likeness (QED) is 0.762. The van der Waals surface area contributed by atoms with Crippen molar-refractivity contribution in [1.29, 1.82) is 0 Å². The van der Waals surface area contributed by atoms with Crippen LogP contribution >= 0.6 is 0 Å². The molecule has 0 fully saturated rings. The maximum absolute atomic E-state index is 10.4. The average molecular weight is 357 g/mol. The fourth-order valence-electron chi connectivity index (χ4n) is 3.50. The molecule has 3 N–H and O–H groups in total. The number of benzene rings is 2. The zero-order valence-electron chi connectivity index (χ0n) is 17.0. The van der Waals surface area contributed by atoms with Crippen molar-refractivity contribution in [3.8, 4) is 0 Å². The lowest BCUT2D eigenvalue weighted by Gasteiger charge is -2.26. The van der Waals surface area contributed by atoms with Crippen molar-refractivity contribution in [1.82, 2.24) is 0 Å². The number of quaternary nitrogens is 1. The third-order valence-electron chi connectivity index (χ3n) is 4.94. The molecule has 3 nitrogen and oxygen atoms in total. The topological polar surface area (TPSA) is 46.1 Å². The molecule has 0 saturated carbocycles. The Labute approximate surface area is 158 Å². The first-order valence-electron chi connectivity index (χ1n) is 9.56. The van der Waals surface area contributed by atoms with Gasteiger partial charge in [0.1, 0.15) is 18.8 Å². The van der Waals surface area contributed by atoms with E-state index in [-0.39, 0.29) is 6.10 Å². The van der Waals surface area contributed by atoms with Gasteiger partial charge in [-0.05, 0) is 74.9 Å². The van der Waals surface area contributed by atoms with Gasteiger partial charge in [-0.15, -0.1) is 0 Å². The molecule has 0 saturated heterocycles. The van der Waals surface area contributed by atoms with Crippen LogP contribution in [0.2, 0.25) is 0 Å². The third-order valence-corrected chi connectivity index (χ3v) is 4.94. The van der Waals surface area contributed by atoms with Crippen LogP contribution in [0.1, 0.15) is 53.3 Å². The molecular weight excluding hydrogens is 322 g/mol. The standard InChI is InChI=1S/C23H33NO2/c1-15(2)24-13-20(25)14-26-23(21-16(3)9-7-10-17(21)4)22-18(5)11-8-12-19(22)6/h7-12,15,20,23-25H,13-14H2,1-6H3/p+1/t20-/m1/s1. The van der Waals surface area contributed by atoms with Crippen molar-refractivity contribution >= 4 is 0 Å². The van der Waals surface area contributed by atoms with E-state index in [0.29, 0.717) is 19.2 Å². The summed E-state index contributed by atoms with van der Waals surface area (Å²) in [5.41, 5.74) is 7.32. The molecule has 0 spiro atoms. The van der Waals surface area contributed by atoms with E-state index >= 15 is 0 Å². The fourth-order valence-corrected chi connectivity index (χ4v) is 3.50. The first-order chi connectivity index (χ1) is 12.3. The number of aliphatic hydroxyl groups excluding tert-OH is 1. The summed E-state index contributed by atoms with van der Waals surface area (Å²) in [4.78, 5) is 0. The van der Waals surface area contributed by atoms with Crippen molar-refractivity contribution in [3.63, 3.8) is 0 Å². The first kappa shape index (κ1) is 20.6. The summed E-state index contributed by atoms with van der Waals surface area (Å²) >= 11 is 0. The summed E-state index contributed by atoms with van der Waals surface area (Å²) in [5.74, 6) is 0. The number of ether oxygens (including phenoxy) is 1. The highest BCUT2D eigenvalue weighted by atomic mass is 16.5. The SMILES string of the molecule is Cc1cccc(C)c1C(OC[C@H](O)C[NH2+]C(C)C)c1c(C)cccc1C. The summed E-state index contributed by atoms with van der Waals surface area (Å²) in [6, 6.07) is 13.2. The van der Waals surface area contributed by atoms with Gasteiger partial charge in [-0.1, -0.05) is 36.4 Å². The molecule has 0 unspecified atom stereocenters. The second-order valence-electron chi connectivity index (χ2n) is 7.69. The van der Waals surface area contributed by atoms with E-state index in [1.54, 1.807) is 0 Å². The Morgan fingerprint density at radius 2 is 1.27 bits per heavy atom.